The predicted molar refractivity (Wildman–Crippen MR) is 103 cm³/mol. The van der Waals surface area contributed by atoms with Crippen LogP contribution in [-0.4, -0.2) is 51.9 Å². The number of nitrogens with one attached hydrogen (secondary N) is 1. The summed E-state index contributed by atoms with van der Waals surface area (Å²) in [6.45, 7) is 6.84. The zero-order chi connectivity index (χ0) is 18.7. The van der Waals surface area contributed by atoms with Gasteiger partial charge in [-0.1, -0.05) is 6.92 Å². The van der Waals surface area contributed by atoms with Crippen LogP contribution < -0.4 is 0 Å². The van der Waals surface area contributed by atoms with Gasteiger partial charge in [0.1, 0.15) is 11.5 Å². The van der Waals surface area contributed by atoms with Crippen molar-refractivity contribution in [3.63, 3.8) is 0 Å². The Balaban J connectivity index is 1.38. The van der Waals surface area contributed by atoms with Crippen LogP contribution in [0.25, 0.3) is 0 Å². The van der Waals surface area contributed by atoms with Crippen molar-refractivity contribution in [2.75, 3.05) is 26.2 Å². The van der Waals surface area contributed by atoms with Gasteiger partial charge in [0.25, 0.3) is 0 Å². The van der Waals surface area contributed by atoms with E-state index in [0.29, 0.717) is 12.3 Å². The van der Waals surface area contributed by atoms with Gasteiger partial charge in [0.15, 0.2) is 0 Å². The number of hydrogen-bond acceptors (Lipinski definition) is 4. The van der Waals surface area contributed by atoms with Gasteiger partial charge >= 0.3 is 0 Å². The number of hydrogen-bond donors (Lipinski definition) is 1. The molecular formula is C21H30N4O2. The average Bonchev–Trinajstić information content (AvgIpc) is 3.35. The normalized spacial score (nSPS) is 24.0. The van der Waals surface area contributed by atoms with Gasteiger partial charge in [0.05, 0.1) is 12.9 Å². The first-order chi connectivity index (χ1) is 13.2. The molecule has 0 aromatic carbocycles. The molecule has 2 aromatic rings. The number of imidazole rings is 1. The third-order valence-corrected chi connectivity index (χ3v) is 6.14. The lowest BCUT2D eigenvalue weighted by Gasteiger charge is -2.48. The van der Waals surface area contributed by atoms with Crippen molar-refractivity contribution in [2.24, 2.45) is 5.41 Å². The van der Waals surface area contributed by atoms with Crippen LogP contribution >= 0.6 is 0 Å². The van der Waals surface area contributed by atoms with Crippen LogP contribution in [0.15, 0.2) is 29.1 Å². The molecule has 0 bridgehead atoms. The van der Waals surface area contributed by atoms with Crippen molar-refractivity contribution in [3.8, 4) is 0 Å². The maximum absolute atomic E-state index is 12.5. The molecular weight excluding hydrogens is 340 g/mol. The van der Waals surface area contributed by atoms with Gasteiger partial charge in [-0.25, -0.2) is 4.98 Å². The number of aryl methyl sites for hydroxylation is 1. The minimum absolute atomic E-state index is 0.236. The topological polar surface area (TPSA) is 65.4 Å². The van der Waals surface area contributed by atoms with Crippen LogP contribution in [0.4, 0.5) is 0 Å². The first-order valence-corrected chi connectivity index (χ1v) is 10.2. The summed E-state index contributed by atoms with van der Waals surface area (Å²) >= 11 is 0. The molecule has 2 fully saturated rings. The van der Waals surface area contributed by atoms with Gasteiger partial charge in [0, 0.05) is 56.2 Å². The monoisotopic (exact) mass is 370 g/mol. The molecule has 4 rings (SSSR count). The number of aromatic amines is 1. The zero-order valence-corrected chi connectivity index (χ0v) is 16.2. The van der Waals surface area contributed by atoms with Gasteiger partial charge in [-0.3, -0.25) is 9.69 Å². The summed E-state index contributed by atoms with van der Waals surface area (Å²) in [7, 11) is 0. The van der Waals surface area contributed by atoms with Crippen molar-refractivity contribution in [3.05, 3.63) is 41.9 Å². The Hall–Kier alpha value is -2.08. The lowest BCUT2D eigenvalue weighted by molar-refractivity contribution is -0.139. The van der Waals surface area contributed by atoms with E-state index < -0.39 is 0 Å². The van der Waals surface area contributed by atoms with Crippen molar-refractivity contribution in [2.45, 2.75) is 52.0 Å². The van der Waals surface area contributed by atoms with E-state index in [2.05, 4.69) is 38.8 Å². The van der Waals surface area contributed by atoms with E-state index in [1.165, 1.54) is 12.8 Å². The largest absolute Gasteiger partial charge is 0.465 e. The Morgan fingerprint density at radius 1 is 1.26 bits per heavy atom. The first-order valence-electron chi connectivity index (χ1n) is 10.2. The Morgan fingerprint density at radius 3 is 2.93 bits per heavy atom. The molecule has 2 saturated heterocycles. The molecule has 2 aliphatic rings. The van der Waals surface area contributed by atoms with E-state index in [9.17, 15) is 4.79 Å². The lowest BCUT2D eigenvalue weighted by atomic mass is 9.73. The number of aromatic nitrogens is 2. The average molecular weight is 370 g/mol. The van der Waals surface area contributed by atoms with E-state index in [1.54, 1.807) is 6.33 Å². The number of H-pyrrole nitrogens is 1. The van der Waals surface area contributed by atoms with Crippen LogP contribution in [0.1, 0.15) is 49.8 Å². The molecule has 1 atom stereocenters. The molecule has 27 heavy (non-hydrogen) atoms. The van der Waals surface area contributed by atoms with Crippen LogP contribution in [0.3, 0.4) is 0 Å². The summed E-state index contributed by atoms with van der Waals surface area (Å²) in [4.78, 5) is 24.3. The van der Waals surface area contributed by atoms with Gasteiger partial charge < -0.3 is 14.3 Å². The minimum Gasteiger partial charge on any atom is -0.465 e. The molecule has 6 nitrogen and oxygen atoms in total. The van der Waals surface area contributed by atoms with E-state index in [0.717, 1.165) is 69.2 Å². The number of carbonyl (C=O) groups excluding carboxylic acids is 1. The number of rotatable bonds is 6. The van der Waals surface area contributed by atoms with Gasteiger partial charge in [-0.05, 0) is 37.9 Å². The highest BCUT2D eigenvalue weighted by atomic mass is 16.3. The van der Waals surface area contributed by atoms with Gasteiger partial charge in [-0.2, -0.15) is 0 Å². The quantitative estimate of drug-likeness (QED) is 0.849. The standard InChI is InChI=1S/C21H30N4O2/c1-2-18-4-5-19(27-18)13-24-10-3-8-21(14-24)9-6-20(26)25(15-21)11-7-17-12-22-16-23-17/h4-5,12,16H,2-3,6-11,13-15H2,1H3,(H,22,23). The van der Waals surface area contributed by atoms with E-state index in [4.69, 9.17) is 4.42 Å². The lowest BCUT2D eigenvalue weighted by Crippen LogP contribution is -2.54. The summed E-state index contributed by atoms with van der Waals surface area (Å²) in [5.74, 6) is 2.42. The Morgan fingerprint density at radius 2 is 2.15 bits per heavy atom. The number of piperidine rings is 2. The molecule has 1 unspecified atom stereocenters. The highest BCUT2D eigenvalue weighted by molar-refractivity contribution is 5.77. The third-order valence-electron chi connectivity index (χ3n) is 6.14. The summed E-state index contributed by atoms with van der Waals surface area (Å²) < 4.78 is 5.91. The number of nitrogens with zero attached hydrogens (tertiary/aromatic N) is 3. The highest BCUT2D eigenvalue weighted by Gasteiger charge is 2.41. The molecule has 1 amide bonds. The van der Waals surface area contributed by atoms with Gasteiger partial charge in [0.2, 0.25) is 5.91 Å². The maximum Gasteiger partial charge on any atom is 0.222 e. The van der Waals surface area contributed by atoms with Crippen molar-refractivity contribution >= 4 is 5.91 Å². The molecule has 146 valence electrons. The van der Waals surface area contributed by atoms with Crippen LogP contribution in [0.2, 0.25) is 0 Å². The molecule has 6 heteroatoms. The highest BCUT2D eigenvalue weighted by Crippen LogP contribution is 2.39. The fourth-order valence-corrected chi connectivity index (χ4v) is 4.68. The fraction of sp³-hybridized carbons (Fsp3) is 0.619. The SMILES string of the molecule is CCc1ccc(CN2CCCC3(CCC(=O)N(CCc4cnc[nH]4)C3)C2)o1. The van der Waals surface area contributed by atoms with E-state index in [1.807, 2.05) is 6.20 Å². The molecule has 1 N–H and O–H groups in total. The molecule has 2 aliphatic heterocycles. The number of likely N-dealkylation sites (tertiary alicyclic amines) is 2. The second-order valence-corrected chi connectivity index (χ2v) is 8.18. The number of carbonyl (C=O) groups is 1. The third kappa shape index (κ3) is 4.26. The molecule has 1 spiro atoms. The first kappa shape index (κ1) is 18.3. The summed E-state index contributed by atoms with van der Waals surface area (Å²) in [6, 6.07) is 4.20. The van der Waals surface area contributed by atoms with Crippen LogP contribution in [-0.2, 0) is 24.2 Å². The molecule has 2 aromatic heterocycles. The number of furan rings is 1. The predicted octanol–water partition coefficient (Wildman–Crippen LogP) is 3.01. The minimum atomic E-state index is 0.236. The second-order valence-electron chi connectivity index (χ2n) is 8.18. The van der Waals surface area contributed by atoms with Crippen molar-refractivity contribution in [1.29, 1.82) is 0 Å². The summed E-state index contributed by atoms with van der Waals surface area (Å²) in [5, 5.41) is 0. The smallest absolute Gasteiger partial charge is 0.222 e. The number of amides is 1. The second kappa shape index (κ2) is 7.89. The Bertz CT molecular complexity index is 754. The van der Waals surface area contributed by atoms with E-state index in [-0.39, 0.29) is 5.41 Å². The van der Waals surface area contributed by atoms with Gasteiger partial charge in [-0.15, -0.1) is 0 Å². The fourth-order valence-electron chi connectivity index (χ4n) is 4.68. The van der Waals surface area contributed by atoms with Crippen LogP contribution in [0, 0.1) is 5.41 Å². The molecule has 4 heterocycles. The Labute approximate surface area is 160 Å². The van der Waals surface area contributed by atoms with E-state index >= 15 is 0 Å². The summed E-state index contributed by atoms with van der Waals surface area (Å²) in [6.07, 6.45) is 9.44. The molecule has 0 saturated carbocycles. The molecule has 0 radical (unpaired) electrons. The van der Waals surface area contributed by atoms with Crippen LogP contribution in [0.5, 0.6) is 0 Å². The summed E-state index contributed by atoms with van der Waals surface area (Å²) in [5.41, 5.74) is 1.33. The molecule has 0 aliphatic carbocycles. The van der Waals surface area contributed by atoms with Crippen molar-refractivity contribution in [1.82, 2.24) is 19.8 Å². The van der Waals surface area contributed by atoms with Crippen molar-refractivity contribution < 1.29 is 9.21 Å². The zero-order valence-electron chi connectivity index (χ0n) is 16.2. The Kier molecular flexibility index (Phi) is 5.34. The maximum atomic E-state index is 12.5.